The Hall–Kier alpha value is -1.48. The molecular formula is C17H20O2S. The highest BCUT2D eigenvalue weighted by Gasteiger charge is 2.16. The second kappa shape index (κ2) is 6.80. The molecule has 0 saturated carbocycles. The van der Waals surface area contributed by atoms with Gasteiger partial charge in [-0.2, -0.15) is 11.8 Å². The molecule has 2 rings (SSSR count). The largest absolute Gasteiger partial charge is 0.493 e. The minimum Gasteiger partial charge on any atom is -0.493 e. The van der Waals surface area contributed by atoms with Crippen molar-refractivity contribution in [1.82, 2.24) is 0 Å². The zero-order chi connectivity index (χ0) is 14.5. The van der Waals surface area contributed by atoms with E-state index < -0.39 is 0 Å². The summed E-state index contributed by atoms with van der Waals surface area (Å²) in [5.74, 6) is 1.33. The lowest BCUT2D eigenvalue weighted by atomic mass is 10.0. The summed E-state index contributed by atoms with van der Waals surface area (Å²) >= 11 is 1.66. The maximum Gasteiger partial charge on any atom is 0.177 e. The van der Waals surface area contributed by atoms with Gasteiger partial charge in [0.2, 0.25) is 0 Å². The Morgan fingerprint density at radius 3 is 2.65 bits per heavy atom. The monoisotopic (exact) mass is 288 g/mol. The summed E-state index contributed by atoms with van der Waals surface area (Å²) in [5.41, 5.74) is 0.720. The zero-order valence-corrected chi connectivity index (χ0v) is 13.0. The molecule has 0 fully saturated rings. The van der Waals surface area contributed by atoms with Gasteiger partial charge in [0.15, 0.2) is 5.78 Å². The summed E-state index contributed by atoms with van der Waals surface area (Å²) in [7, 11) is 0. The van der Waals surface area contributed by atoms with E-state index in [-0.39, 0.29) is 5.78 Å². The SMILES string of the molecule is CCOc1ccc2ccccc2c1C(=O)CSC(C)C. The number of hydrogen-bond acceptors (Lipinski definition) is 3. The smallest absolute Gasteiger partial charge is 0.177 e. The van der Waals surface area contributed by atoms with Gasteiger partial charge in [-0.3, -0.25) is 4.79 Å². The van der Waals surface area contributed by atoms with Gasteiger partial charge in [0, 0.05) is 0 Å². The number of carbonyl (C=O) groups is 1. The van der Waals surface area contributed by atoms with Crippen LogP contribution >= 0.6 is 11.8 Å². The first-order chi connectivity index (χ1) is 9.63. The highest BCUT2D eigenvalue weighted by atomic mass is 32.2. The van der Waals surface area contributed by atoms with E-state index in [1.54, 1.807) is 11.8 Å². The van der Waals surface area contributed by atoms with E-state index in [0.717, 1.165) is 16.3 Å². The molecule has 0 N–H and O–H groups in total. The Kier molecular flexibility index (Phi) is 5.07. The quantitative estimate of drug-likeness (QED) is 0.729. The van der Waals surface area contributed by atoms with Crippen LogP contribution in [0, 0.1) is 0 Å². The normalized spacial score (nSPS) is 11.0. The molecule has 0 bridgehead atoms. The summed E-state index contributed by atoms with van der Waals surface area (Å²) in [6.45, 7) is 6.71. The van der Waals surface area contributed by atoms with Crippen LogP contribution in [-0.4, -0.2) is 23.4 Å². The number of fused-ring (bicyclic) bond motifs is 1. The topological polar surface area (TPSA) is 26.3 Å². The van der Waals surface area contributed by atoms with Crippen LogP contribution in [0.3, 0.4) is 0 Å². The van der Waals surface area contributed by atoms with Crippen molar-refractivity contribution in [2.75, 3.05) is 12.4 Å². The third-order valence-corrected chi connectivity index (χ3v) is 4.11. The molecule has 0 aliphatic rings. The molecule has 0 heterocycles. The second-order valence-electron chi connectivity index (χ2n) is 4.88. The van der Waals surface area contributed by atoms with Gasteiger partial charge in [-0.1, -0.05) is 44.2 Å². The number of carbonyl (C=O) groups excluding carboxylic acids is 1. The summed E-state index contributed by atoms with van der Waals surface area (Å²) in [6.07, 6.45) is 0. The number of rotatable bonds is 6. The standard InChI is InChI=1S/C17H20O2S/c1-4-19-16-10-9-13-7-5-6-8-14(13)17(16)15(18)11-20-12(2)3/h5-10,12H,4,11H2,1-3H3. The van der Waals surface area contributed by atoms with Gasteiger partial charge in [0.1, 0.15) is 5.75 Å². The summed E-state index contributed by atoms with van der Waals surface area (Å²) in [5, 5.41) is 2.51. The second-order valence-corrected chi connectivity index (χ2v) is 6.44. The number of ether oxygens (including phenoxy) is 1. The molecular weight excluding hydrogens is 268 g/mol. The molecule has 2 aromatic rings. The number of ketones is 1. The first kappa shape index (κ1) is 14.9. The lowest BCUT2D eigenvalue weighted by Crippen LogP contribution is -2.09. The Morgan fingerprint density at radius 1 is 1.20 bits per heavy atom. The van der Waals surface area contributed by atoms with E-state index in [9.17, 15) is 4.79 Å². The van der Waals surface area contributed by atoms with Crippen LogP contribution in [-0.2, 0) is 0 Å². The third-order valence-electron chi connectivity index (χ3n) is 3.02. The first-order valence-electron chi connectivity index (χ1n) is 6.92. The van der Waals surface area contributed by atoms with Gasteiger partial charge in [-0.25, -0.2) is 0 Å². The molecule has 0 aliphatic heterocycles. The lowest BCUT2D eigenvalue weighted by Gasteiger charge is -2.13. The molecule has 0 spiro atoms. The molecule has 0 radical (unpaired) electrons. The van der Waals surface area contributed by atoms with Crippen molar-refractivity contribution < 1.29 is 9.53 Å². The minimum absolute atomic E-state index is 0.143. The molecule has 0 amide bonds. The molecule has 3 heteroatoms. The lowest BCUT2D eigenvalue weighted by molar-refractivity contribution is 0.102. The van der Waals surface area contributed by atoms with Gasteiger partial charge in [-0.05, 0) is 29.0 Å². The van der Waals surface area contributed by atoms with Crippen molar-refractivity contribution in [3.05, 3.63) is 42.0 Å². The Morgan fingerprint density at radius 2 is 1.95 bits per heavy atom. The van der Waals surface area contributed by atoms with Crippen molar-refractivity contribution >= 4 is 28.3 Å². The molecule has 20 heavy (non-hydrogen) atoms. The molecule has 0 aromatic heterocycles. The predicted molar refractivity (Wildman–Crippen MR) is 87.0 cm³/mol. The Labute approximate surface area is 124 Å². The maximum absolute atomic E-state index is 12.6. The van der Waals surface area contributed by atoms with Crippen LogP contribution in [0.25, 0.3) is 10.8 Å². The molecule has 0 unspecified atom stereocenters. The molecule has 0 saturated heterocycles. The molecule has 2 aromatic carbocycles. The van der Waals surface area contributed by atoms with E-state index in [2.05, 4.69) is 13.8 Å². The van der Waals surface area contributed by atoms with Gasteiger partial charge >= 0.3 is 0 Å². The number of thioether (sulfide) groups is 1. The van der Waals surface area contributed by atoms with Crippen molar-refractivity contribution in [2.45, 2.75) is 26.0 Å². The maximum atomic E-state index is 12.6. The van der Waals surface area contributed by atoms with Crippen LogP contribution in [0.2, 0.25) is 0 Å². The van der Waals surface area contributed by atoms with Crippen molar-refractivity contribution in [2.24, 2.45) is 0 Å². The van der Waals surface area contributed by atoms with E-state index in [0.29, 0.717) is 23.4 Å². The van der Waals surface area contributed by atoms with Gasteiger partial charge in [-0.15, -0.1) is 0 Å². The fourth-order valence-electron chi connectivity index (χ4n) is 2.13. The van der Waals surface area contributed by atoms with Crippen LogP contribution in [0.15, 0.2) is 36.4 Å². The fourth-order valence-corrected chi connectivity index (χ4v) is 2.76. The Balaban J connectivity index is 2.46. The fraction of sp³-hybridized carbons (Fsp3) is 0.353. The highest BCUT2D eigenvalue weighted by molar-refractivity contribution is 8.00. The highest BCUT2D eigenvalue weighted by Crippen LogP contribution is 2.29. The third kappa shape index (κ3) is 3.34. The van der Waals surface area contributed by atoms with Crippen LogP contribution < -0.4 is 4.74 Å². The summed E-state index contributed by atoms with van der Waals surface area (Å²) in [6, 6.07) is 11.9. The van der Waals surface area contributed by atoms with Crippen molar-refractivity contribution in [3.63, 3.8) is 0 Å². The number of benzene rings is 2. The van der Waals surface area contributed by atoms with Gasteiger partial charge < -0.3 is 4.74 Å². The van der Waals surface area contributed by atoms with Gasteiger partial charge in [0.05, 0.1) is 17.9 Å². The van der Waals surface area contributed by atoms with E-state index >= 15 is 0 Å². The molecule has 0 aliphatic carbocycles. The van der Waals surface area contributed by atoms with Gasteiger partial charge in [0.25, 0.3) is 0 Å². The van der Waals surface area contributed by atoms with Crippen LogP contribution in [0.1, 0.15) is 31.1 Å². The predicted octanol–water partition coefficient (Wildman–Crippen LogP) is 4.56. The minimum atomic E-state index is 0.143. The average molecular weight is 288 g/mol. The van der Waals surface area contributed by atoms with Crippen molar-refractivity contribution in [1.29, 1.82) is 0 Å². The number of Topliss-reactive ketones (excluding diaryl/α,β-unsaturated/α-hetero) is 1. The Bertz CT molecular complexity index is 605. The van der Waals surface area contributed by atoms with Crippen molar-refractivity contribution in [3.8, 4) is 5.75 Å². The average Bonchev–Trinajstić information content (AvgIpc) is 2.45. The zero-order valence-electron chi connectivity index (χ0n) is 12.2. The molecule has 106 valence electrons. The van der Waals surface area contributed by atoms with E-state index in [1.165, 1.54) is 0 Å². The van der Waals surface area contributed by atoms with Crippen LogP contribution in [0.5, 0.6) is 5.75 Å². The first-order valence-corrected chi connectivity index (χ1v) is 7.97. The van der Waals surface area contributed by atoms with Crippen LogP contribution in [0.4, 0.5) is 0 Å². The number of hydrogen-bond donors (Lipinski definition) is 0. The van der Waals surface area contributed by atoms with E-state index in [1.807, 2.05) is 43.3 Å². The molecule has 0 atom stereocenters. The summed E-state index contributed by atoms with van der Waals surface area (Å²) < 4.78 is 5.64. The summed E-state index contributed by atoms with van der Waals surface area (Å²) in [4.78, 5) is 12.6. The van der Waals surface area contributed by atoms with E-state index in [4.69, 9.17) is 4.74 Å². The molecule has 2 nitrogen and oxygen atoms in total.